The standard InChI is InChI=1S/C28H29N3/c1-3-9-21(10-4-1)15-17-30-19-25(22-11-5-2-6-12-22)28-27-24(16-18-31(28)20-30)23-13-7-8-14-26(23)29-27/h1-14,25,28-29H,15-20H2/t25-,28-/m1/s1. The lowest BCUT2D eigenvalue weighted by Gasteiger charge is -2.48. The van der Waals surface area contributed by atoms with Gasteiger partial charge in [-0.2, -0.15) is 0 Å². The van der Waals surface area contributed by atoms with Crippen LogP contribution in [0.2, 0.25) is 0 Å². The minimum atomic E-state index is 0.423. The fourth-order valence-corrected chi connectivity index (χ4v) is 5.71. The number of fused-ring (bicyclic) bond motifs is 5. The fraction of sp³-hybridized carbons (Fsp3) is 0.286. The van der Waals surface area contributed by atoms with Crippen molar-refractivity contribution in [3.63, 3.8) is 0 Å². The number of aromatic amines is 1. The van der Waals surface area contributed by atoms with Gasteiger partial charge in [0, 0.05) is 42.1 Å². The summed E-state index contributed by atoms with van der Waals surface area (Å²) >= 11 is 0. The number of hydrogen-bond acceptors (Lipinski definition) is 2. The molecule has 0 radical (unpaired) electrons. The number of H-pyrrole nitrogens is 1. The maximum Gasteiger partial charge on any atom is 0.0594 e. The van der Waals surface area contributed by atoms with E-state index in [1.807, 2.05) is 0 Å². The molecule has 6 rings (SSSR count). The van der Waals surface area contributed by atoms with Crippen molar-refractivity contribution in [3.05, 3.63) is 107 Å². The number of para-hydroxylation sites is 1. The van der Waals surface area contributed by atoms with Crippen LogP contribution in [-0.4, -0.2) is 41.1 Å². The molecule has 0 aliphatic carbocycles. The summed E-state index contributed by atoms with van der Waals surface area (Å²) < 4.78 is 0. The van der Waals surface area contributed by atoms with Gasteiger partial charge in [0.1, 0.15) is 0 Å². The highest BCUT2D eigenvalue weighted by molar-refractivity contribution is 5.85. The molecule has 0 unspecified atom stereocenters. The zero-order valence-corrected chi connectivity index (χ0v) is 17.9. The van der Waals surface area contributed by atoms with Crippen LogP contribution >= 0.6 is 0 Å². The second-order valence-electron chi connectivity index (χ2n) is 9.04. The van der Waals surface area contributed by atoms with E-state index in [0.717, 1.165) is 39.1 Å². The molecular formula is C28H29N3. The minimum Gasteiger partial charge on any atom is -0.357 e. The van der Waals surface area contributed by atoms with Crippen molar-refractivity contribution in [1.29, 1.82) is 0 Å². The third-order valence-electron chi connectivity index (χ3n) is 7.19. The van der Waals surface area contributed by atoms with E-state index in [-0.39, 0.29) is 0 Å². The van der Waals surface area contributed by atoms with Crippen LogP contribution in [0.4, 0.5) is 0 Å². The van der Waals surface area contributed by atoms with Crippen molar-refractivity contribution in [2.24, 2.45) is 0 Å². The van der Waals surface area contributed by atoms with Gasteiger partial charge in [0.25, 0.3) is 0 Å². The van der Waals surface area contributed by atoms with Gasteiger partial charge in [-0.3, -0.25) is 9.80 Å². The van der Waals surface area contributed by atoms with E-state index in [1.54, 1.807) is 0 Å². The quantitative estimate of drug-likeness (QED) is 0.492. The molecule has 3 aromatic carbocycles. The van der Waals surface area contributed by atoms with Gasteiger partial charge in [-0.25, -0.2) is 0 Å². The topological polar surface area (TPSA) is 22.3 Å². The third-order valence-corrected chi connectivity index (χ3v) is 7.19. The Hall–Kier alpha value is -2.88. The van der Waals surface area contributed by atoms with Gasteiger partial charge in [-0.05, 0) is 35.6 Å². The first-order chi connectivity index (χ1) is 15.4. The molecular weight excluding hydrogens is 378 g/mol. The lowest BCUT2D eigenvalue weighted by Crippen LogP contribution is -2.53. The Labute approximate surface area is 184 Å². The Morgan fingerprint density at radius 2 is 1.58 bits per heavy atom. The number of nitrogens with zero attached hydrogens (tertiary/aromatic N) is 2. The molecule has 31 heavy (non-hydrogen) atoms. The first-order valence-corrected chi connectivity index (χ1v) is 11.5. The fourth-order valence-electron chi connectivity index (χ4n) is 5.71. The first kappa shape index (κ1) is 18.9. The van der Waals surface area contributed by atoms with E-state index >= 15 is 0 Å². The number of nitrogens with one attached hydrogen (secondary N) is 1. The van der Waals surface area contributed by atoms with E-state index in [1.165, 1.54) is 33.3 Å². The molecule has 1 aromatic heterocycles. The maximum atomic E-state index is 3.83. The smallest absolute Gasteiger partial charge is 0.0594 e. The van der Waals surface area contributed by atoms with Crippen LogP contribution in [0.15, 0.2) is 84.9 Å². The Bertz CT molecular complexity index is 1160. The lowest BCUT2D eigenvalue weighted by atomic mass is 9.82. The molecule has 3 heterocycles. The van der Waals surface area contributed by atoms with Crippen molar-refractivity contribution in [2.75, 3.05) is 26.3 Å². The summed E-state index contributed by atoms with van der Waals surface area (Å²) in [6.45, 7) is 4.39. The monoisotopic (exact) mass is 407 g/mol. The summed E-state index contributed by atoms with van der Waals surface area (Å²) in [4.78, 5) is 9.20. The molecule has 0 bridgehead atoms. The second-order valence-corrected chi connectivity index (χ2v) is 9.04. The highest BCUT2D eigenvalue weighted by Crippen LogP contribution is 2.45. The molecule has 1 fully saturated rings. The van der Waals surface area contributed by atoms with Crippen molar-refractivity contribution < 1.29 is 0 Å². The third kappa shape index (κ3) is 3.48. The summed E-state index contributed by atoms with van der Waals surface area (Å²) in [5.74, 6) is 0.470. The van der Waals surface area contributed by atoms with Crippen LogP contribution in [0, 0.1) is 0 Å². The van der Waals surface area contributed by atoms with Crippen molar-refractivity contribution in [3.8, 4) is 0 Å². The summed E-state index contributed by atoms with van der Waals surface area (Å²) in [6, 6.07) is 31.3. The number of rotatable bonds is 4. The van der Waals surface area contributed by atoms with Crippen LogP contribution in [-0.2, 0) is 12.8 Å². The molecule has 2 aliphatic heterocycles. The Kier molecular flexibility index (Phi) is 4.86. The molecule has 4 aromatic rings. The predicted molar refractivity (Wildman–Crippen MR) is 127 cm³/mol. The van der Waals surface area contributed by atoms with Crippen LogP contribution in [0.1, 0.15) is 34.3 Å². The van der Waals surface area contributed by atoms with Crippen LogP contribution in [0.25, 0.3) is 10.9 Å². The van der Waals surface area contributed by atoms with Gasteiger partial charge in [-0.1, -0.05) is 78.9 Å². The largest absolute Gasteiger partial charge is 0.357 e. The summed E-state index contributed by atoms with van der Waals surface area (Å²) in [5, 5.41) is 1.41. The Balaban J connectivity index is 1.34. The van der Waals surface area contributed by atoms with Crippen LogP contribution < -0.4 is 0 Å². The number of hydrogen-bond donors (Lipinski definition) is 1. The molecule has 3 nitrogen and oxygen atoms in total. The van der Waals surface area contributed by atoms with Gasteiger partial charge >= 0.3 is 0 Å². The van der Waals surface area contributed by atoms with E-state index < -0.39 is 0 Å². The number of aromatic nitrogens is 1. The maximum absolute atomic E-state index is 3.83. The highest BCUT2D eigenvalue weighted by Gasteiger charge is 2.41. The Morgan fingerprint density at radius 1 is 0.839 bits per heavy atom. The van der Waals surface area contributed by atoms with Crippen LogP contribution in [0.3, 0.4) is 0 Å². The highest BCUT2D eigenvalue weighted by atomic mass is 15.4. The van der Waals surface area contributed by atoms with E-state index in [0.29, 0.717) is 12.0 Å². The van der Waals surface area contributed by atoms with Crippen molar-refractivity contribution >= 4 is 10.9 Å². The van der Waals surface area contributed by atoms with E-state index in [2.05, 4.69) is 99.7 Å². The molecule has 2 aliphatic rings. The molecule has 0 saturated carbocycles. The SMILES string of the molecule is c1ccc(CCN2C[C@H](c3ccccc3)[C@@H]3c4[nH]c5ccccc5c4CCN3C2)cc1. The first-order valence-electron chi connectivity index (χ1n) is 11.5. The van der Waals surface area contributed by atoms with Gasteiger partial charge in [0.05, 0.1) is 12.7 Å². The van der Waals surface area contributed by atoms with Gasteiger partial charge in [0.2, 0.25) is 0 Å². The Morgan fingerprint density at radius 3 is 2.42 bits per heavy atom. The lowest BCUT2D eigenvalue weighted by molar-refractivity contribution is 0.0146. The van der Waals surface area contributed by atoms with Crippen molar-refractivity contribution in [2.45, 2.75) is 24.8 Å². The van der Waals surface area contributed by atoms with Gasteiger partial charge < -0.3 is 4.98 Å². The van der Waals surface area contributed by atoms with Crippen LogP contribution in [0.5, 0.6) is 0 Å². The normalized spacial score (nSPS) is 21.7. The predicted octanol–water partition coefficient (Wildman–Crippen LogP) is 5.37. The summed E-state index contributed by atoms with van der Waals surface area (Å²) in [6.07, 6.45) is 2.24. The van der Waals surface area contributed by atoms with Crippen molar-refractivity contribution in [1.82, 2.24) is 14.8 Å². The molecule has 0 spiro atoms. The number of benzene rings is 3. The molecule has 0 amide bonds. The summed E-state index contributed by atoms with van der Waals surface area (Å²) in [7, 11) is 0. The zero-order valence-electron chi connectivity index (χ0n) is 17.9. The van der Waals surface area contributed by atoms with Gasteiger partial charge in [0.15, 0.2) is 0 Å². The summed E-state index contributed by atoms with van der Waals surface area (Å²) in [5.41, 5.74) is 7.15. The van der Waals surface area contributed by atoms with E-state index in [9.17, 15) is 0 Å². The zero-order chi connectivity index (χ0) is 20.6. The molecule has 2 atom stereocenters. The second kappa shape index (κ2) is 7.99. The van der Waals surface area contributed by atoms with Gasteiger partial charge in [-0.15, -0.1) is 0 Å². The molecule has 3 heteroatoms. The molecule has 1 saturated heterocycles. The molecule has 156 valence electrons. The average molecular weight is 408 g/mol. The molecule has 1 N–H and O–H groups in total. The average Bonchev–Trinajstić information content (AvgIpc) is 3.22. The minimum absolute atomic E-state index is 0.423. The van der Waals surface area contributed by atoms with E-state index in [4.69, 9.17) is 0 Å².